The van der Waals surface area contributed by atoms with Crippen molar-refractivity contribution in [1.29, 1.82) is 0 Å². The molecule has 0 radical (unpaired) electrons. The van der Waals surface area contributed by atoms with Crippen LogP contribution < -0.4 is 5.32 Å². The average molecular weight is 288 g/mol. The molecule has 21 heavy (non-hydrogen) atoms. The standard InChI is InChI=1S/C17H24N2O2/c1-17(2,3)13-7-9-14(10-8-13)18-15(20)12-19-11-5-4-6-16(19)21/h7-10H,4-6,11-12H2,1-3H3,(H,18,20). The zero-order chi connectivity index (χ0) is 15.5. The Morgan fingerprint density at radius 1 is 1.19 bits per heavy atom. The number of carbonyl (C=O) groups is 2. The second kappa shape index (κ2) is 6.29. The summed E-state index contributed by atoms with van der Waals surface area (Å²) in [6.07, 6.45) is 2.48. The average Bonchev–Trinajstić information content (AvgIpc) is 2.41. The summed E-state index contributed by atoms with van der Waals surface area (Å²) in [4.78, 5) is 25.3. The van der Waals surface area contributed by atoms with E-state index in [2.05, 4.69) is 26.1 Å². The van der Waals surface area contributed by atoms with E-state index in [0.717, 1.165) is 18.5 Å². The Hall–Kier alpha value is -1.84. The molecule has 0 aromatic heterocycles. The fourth-order valence-electron chi connectivity index (χ4n) is 2.46. The lowest BCUT2D eigenvalue weighted by molar-refractivity contribution is -0.136. The van der Waals surface area contributed by atoms with Crippen molar-refractivity contribution in [3.63, 3.8) is 0 Å². The summed E-state index contributed by atoms with van der Waals surface area (Å²) in [5, 5.41) is 2.86. The number of nitrogens with one attached hydrogen (secondary N) is 1. The highest BCUT2D eigenvalue weighted by atomic mass is 16.2. The second-order valence-electron chi connectivity index (χ2n) is 6.65. The molecule has 2 rings (SSSR count). The minimum absolute atomic E-state index is 0.0829. The summed E-state index contributed by atoms with van der Waals surface area (Å²) in [7, 11) is 0. The molecule has 2 amide bonds. The predicted molar refractivity (Wildman–Crippen MR) is 84.2 cm³/mol. The third-order valence-corrected chi connectivity index (χ3v) is 3.79. The van der Waals surface area contributed by atoms with E-state index < -0.39 is 0 Å². The van der Waals surface area contributed by atoms with E-state index >= 15 is 0 Å². The number of nitrogens with zero attached hydrogens (tertiary/aromatic N) is 1. The fourth-order valence-corrected chi connectivity index (χ4v) is 2.46. The molecule has 1 saturated heterocycles. The van der Waals surface area contributed by atoms with Crippen molar-refractivity contribution < 1.29 is 9.59 Å². The number of likely N-dealkylation sites (tertiary alicyclic amines) is 1. The molecule has 0 aliphatic carbocycles. The van der Waals surface area contributed by atoms with Gasteiger partial charge in [0.15, 0.2) is 0 Å². The third-order valence-electron chi connectivity index (χ3n) is 3.79. The molecule has 0 bridgehead atoms. The predicted octanol–water partition coefficient (Wildman–Crippen LogP) is 2.94. The molecular weight excluding hydrogens is 264 g/mol. The van der Waals surface area contributed by atoms with Crippen molar-refractivity contribution in [3.05, 3.63) is 29.8 Å². The smallest absolute Gasteiger partial charge is 0.243 e. The monoisotopic (exact) mass is 288 g/mol. The highest BCUT2D eigenvalue weighted by Crippen LogP contribution is 2.23. The van der Waals surface area contributed by atoms with E-state index in [4.69, 9.17) is 0 Å². The van der Waals surface area contributed by atoms with Crippen molar-refractivity contribution in [2.45, 2.75) is 45.4 Å². The summed E-state index contributed by atoms with van der Waals surface area (Å²) in [6, 6.07) is 7.89. The van der Waals surface area contributed by atoms with Gasteiger partial charge in [-0.25, -0.2) is 0 Å². The molecule has 114 valence electrons. The van der Waals surface area contributed by atoms with Crippen LogP contribution in [0.2, 0.25) is 0 Å². The number of carbonyl (C=O) groups excluding carboxylic acids is 2. The number of hydrogen-bond acceptors (Lipinski definition) is 2. The van der Waals surface area contributed by atoms with E-state index in [1.54, 1.807) is 4.90 Å². The summed E-state index contributed by atoms with van der Waals surface area (Å²) >= 11 is 0. The molecule has 0 saturated carbocycles. The van der Waals surface area contributed by atoms with Crippen molar-refractivity contribution >= 4 is 17.5 Å². The van der Waals surface area contributed by atoms with Crippen LogP contribution >= 0.6 is 0 Å². The largest absolute Gasteiger partial charge is 0.333 e. The molecule has 1 fully saturated rings. The first-order chi connectivity index (χ1) is 9.86. The van der Waals surface area contributed by atoms with Gasteiger partial charge in [-0.3, -0.25) is 9.59 Å². The second-order valence-corrected chi connectivity index (χ2v) is 6.65. The van der Waals surface area contributed by atoms with Gasteiger partial charge in [-0.2, -0.15) is 0 Å². The van der Waals surface area contributed by atoms with Crippen LogP contribution in [0.4, 0.5) is 5.69 Å². The van der Waals surface area contributed by atoms with Gasteiger partial charge in [-0.1, -0.05) is 32.9 Å². The molecule has 1 aliphatic rings. The number of anilines is 1. The lowest BCUT2D eigenvalue weighted by atomic mass is 9.87. The van der Waals surface area contributed by atoms with Gasteiger partial charge < -0.3 is 10.2 Å². The molecule has 1 N–H and O–H groups in total. The van der Waals surface area contributed by atoms with Crippen LogP contribution in [-0.4, -0.2) is 29.8 Å². The Bertz CT molecular complexity index is 515. The first-order valence-corrected chi connectivity index (χ1v) is 7.54. The molecule has 0 atom stereocenters. The molecule has 1 aliphatic heterocycles. The maximum Gasteiger partial charge on any atom is 0.243 e. The molecule has 0 unspecified atom stereocenters. The van der Waals surface area contributed by atoms with Crippen LogP contribution in [0.15, 0.2) is 24.3 Å². The first-order valence-electron chi connectivity index (χ1n) is 7.54. The van der Waals surface area contributed by atoms with E-state index in [1.807, 2.05) is 24.3 Å². The Morgan fingerprint density at radius 2 is 1.86 bits per heavy atom. The van der Waals surface area contributed by atoms with E-state index in [0.29, 0.717) is 13.0 Å². The maximum absolute atomic E-state index is 12.0. The molecule has 1 heterocycles. The summed E-state index contributed by atoms with van der Waals surface area (Å²) < 4.78 is 0. The fraction of sp³-hybridized carbons (Fsp3) is 0.529. The van der Waals surface area contributed by atoms with Crippen LogP contribution in [0.25, 0.3) is 0 Å². The van der Waals surface area contributed by atoms with Gasteiger partial charge >= 0.3 is 0 Å². The van der Waals surface area contributed by atoms with Crippen molar-refractivity contribution in [3.8, 4) is 0 Å². The number of hydrogen-bond donors (Lipinski definition) is 1. The Balaban J connectivity index is 1.92. The highest BCUT2D eigenvalue weighted by Gasteiger charge is 2.20. The van der Waals surface area contributed by atoms with Crippen molar-refractivity contribution in [2.24, 2.45) is 0 Å². The maximum atomic E-state index is 12.0. The van der Waals surface area contributed by atoms with Gasteiger partial charge in [0.2, 0.25) is 11.8 Å². The van der Waals surface area contributed by atoms with Crippen molar-refractivity contribution in [2.75, 3.05) is 18.4 Å². The Morgan fingerprint density at radius 3 is 2.43 bits per heavy atom. The first kappa shape index (κ1) is 15.5. The van der Waals surface area contributed by atoms with Gasteiger partial charge in [0, 0.05) is 18.7 Å². The highest BCUT2D eigenvalue weighted by molar-refractivity contribution is 5.94. The summed E-state index contributed by atoms with van der Waals surface area (Å²) in [5.41, 5.74) is 2.10. The Kier molecular flexibility index (Phi) is 4.66. The topological polar surface area (TPSA) is 49.4 Å². The molecular formula is C17H24N2O2. The lowest BCUT2D eigenvalue weighted by Gasteiger charge is -2.26. The summed E-state index contributed by atoms with van der Waals surface area (Å²) in [5.74, 6) is -0.0479. The van der Waals surface area contributed by atoms with Gasteiger partial charge in [0.05, 0.1) is 6.54 Å². The number of rotatable bonds is 3. The molecule has 1 aromatic rings. The van der Waals surface area contributed by atoms with Crippen LogP contribution in [0.3, 0.4) is 0 Å². The molecule has 0 spiro atoms. The van der Waals surface area contributed by atoms with Gasteiger partial charge in [0.25, 0.3) is 0 Å². The SMILES string of the molecule is CC(C)(C)c1ccc(NC(=O)CN2CCCCC2=O)cc1. The minimum atomic E-state index is -0.131. The number of amides is 2. The molecule has 4 heteroatoms. The van der Waals surface area contributed by atoms with E-state index in [-0.39, 0.29) is 23.8 Å². The van der Waals surface area contributed by atoms with Gasteiger partial charge in [0.1, 0.15) is 0 Å². The number of benzene rings is 1. The zero-order valence-electron chi connectivity index (χ0n) is 13.1. The van der Waals surface area contributed by atoms with Crippen LogP contribution in [0.1, 0.15) is 45.6 Å². The molecule has 1 aromatic carbocycles. The third kappa shape index (κ3) is 4.31. The molecule has 4 nitrogen and oxygen atoms in total. The Labute approximate surface area is 126 Å². The number of piperidine rings is 1. The van der Waals surface area contributed by atoms with Crippen LogP contribution in [-0.2, 0) is 15.0 Å². The van der Waals surface area contributed by atoms with Crippen LogP contribution in [0, 0.1) is 0 Å². The normalized spacial score (nSPS) is 16.0. The minimum Gasteiger partial charge on any atom is -0.333 e. The summed E-state index contributed by atoms with van der Waals surface area (Å²) in [6.45, 7) is 7.31. The zero-order valence-corrected chi connectivity index (χ0v) is 13.1. The van der Waals surface area contributed by atoms with E-state index in [1.165, 1.54) is 5.56 Å². The van der Waals surface area contributed by atoms with Crippen LogP contribution in [0.5, 0.6) is 0 Å². The van der Waals surface area contributed by atoms with Crippen molar-refractivity contribution in [1.82, 2.24) is 4.90 Å². The van der Waals surface area contributed by atoms with Gasteiger partial charge in [-0.15, -0.1) is 0 Å². The van der Waals surface area contributed by atoms with E-state index in [9.17, 15) is 9.59 Å². The lowest BCUT2D eigenvalue weighted by Crippen LogP contribution is -2.40. The quantitative estimate of drug-likeness (QED) is 0.929. The van der Waals surface area contributed by atoms with Gasteiger partial charge in [-0.05, 0) is 36.0 Å².